The number of allylic oxidation sites excluding steroid dienone is 2. The largest absolute Gasteiger partial charge is 0.491 e. The van der Waals surface area contributed by atoms with Gasteiger partial charge in [0.2, 0.25) is 5.91 Å². The van der Waals surface area contributed by atoms with E-state index >= 15 is 0 Å². The van der Waals surface area contributed by atoms with Crippen LogP contribution in [0.4, 0.5) is 17.6 Å². The van der Waals surface area contributed by atoms with Crippen molar-refractivity contribution in [2.75, 3.05) is 19.7 Å². The zero-order valence-corrected chi connectivity index (χ0v) is 18.6. The predicted molar refractivity (Wildman–Crippen MR) is 117 cm³/mol. The van der Waals surface area contributed by atoms with Crippen molar-refractivity contribution >= 4 is 23.8 Å². The van der Waals surface area contributed by atoms with Crippen LogP contribution in [-0.4, -0.2) is 60.7 Å². The van der Waals surface area contributed by atoms with Gasteiger partial charge in [0.1, 0.15) is 17.2 Å². The average molecular weight is 493 g/mol. The number of ether oxygens (including phenoxy) is 2. The lowest BCUT2D eigenvalue weighted by atomic mass is 9.86. The minimum atomic E-state index is -4.29. The molecule has 1 spiro atoms. The predicted octanol–water partition coefficient (Wildman–Crippen LogP) is 3.71. The average Bonchev–Trinajstić information content (AvgIpc) is 3.72. The number of hydrogen-bond acceptors (Lipinski definition) is 6. The molecule has 0 aromatic heterocycles. The van der Waals surface area contributed by atoms with Crippen molar-refractivity contribution in [2.24, 2.45) is 23.2 Å². The number of carbonyl (C=O) groups is 2. The van der Waals surface area contributed by atoms with E-state index in [0.29, 0.717) is 5.57 Å². The monoisotopic (exact) mass is 493 g/mol. The number of amides is 1. The molecule has 35 heavy (non-hydrogen) atoms. The molecular formula is C24H23F4N3O4. The zero-order chi connectivity index (χ0) is 25.5. The maximum absolute atomic E-state index is 13.2. The standard InChI is InChI=1S/C24H23F4N3O4/c1-13-17(19(13)34-12-24(27,28)21(25)26)14(9-29)10-31-11-16(23(7-8-23)22(31)33)18(30)20(32)35-15-5-3-2-4-6-15/h2-9,14,16-17,21,29-30H,10-12H2,1H3. The Labute approximate surface area is 198 Å². The van der Waals surface area contributed by atoms with Crippen LogP contribution in [0.1, 0.15) is 6.92 Å². The molecule has 2 aliphatic carbocycles. The maximum Gasteiger partial charge on any atom is 0.357 e. The third-order valence-electron chi connectivity index (χ3n) is 6.55. The van der Waals surface area contributed by atoms with Crippen LogP contribution < -0.4 is 4.74 Å². The van der Waals surface area contributed by atoms with E-state index in [-0.39, 0.29) is 36.2 Å². The molecule has 1 fully saturated rings. The third-order valence-corrected chi connectivity index (χ3v) is 6.55. The first kappa shape index (κ1) is 24.6. The first-order valence-electron chi connectivity index (χ1n) is 10.9. The van der Waals surface area contributed by atoms with E-state index in [1.807, 2.05) is 0 Å². The van der Waals surface area contributed by atoms with Crippen molar-refractivity contribution in [3.8, 4) is 5.75 Å². The smallest absolute Gasteiger partial charge is 0.357 e. The Morgan fingerprint density at radius 1 is 1.29 bits per heavy atom. The Morgan fingerprint density at radius 3 is 2.51 bits per heavy atom. The number of nitrogens with zero attached hydrogens (tertiary/aromatic N) is 1. The summed E-state index contributed by atoms with van der Waals surface area (Å²) in [6, 6.07) is 8.23. The van der Waals surface area contributed by atoms with Crippen LogP contribution in [0.5, 0.6) is 5.75 Å². The highest BCUT2D eigenvalue weighted by atomic mass is 19.3. The number of likely N-dealkylation sites (tertiary alicyclic amines) is 1. The van der Waals surface area contributed by atoms with E-state index < -0.39 is 48.1 Å². The fourth-order valence-electron chi connectivity index (χ4n) is 4.41. The number of rotatable bonds is 11. The van der Waals surface area contributed by atoms with Crippen LogP contribution in [0.15, 0.2) is 53.8 Å². The fraction of sp³-hybridized carbons (Fsp3) is 0.417. The second-order valence-electron chi connectivity index (χ2n) is 8.85. The Hall–Kier alpha value is -3.50. The van der Waals surface area contributed by atoms with Gasteiger partial charge in [-0.3, -0.25) is 10.2 Å². The summed E-state index contributed by atoms with van der Waals surface area (Å²) in [5.41, 5.74) is -0.908. The van der Waals surface area contributed by atoms with Crippen LogP contribution in [0.3, 0.4) is 0 Å². The lowest BCUT2D eigenvalue weighted by molar-refractivity contribution is -0.157. The molecule has 0 saturated carbocycles. The summed E-state index contributed by atoms with van der Waals surface area (Å²) in [7, 11) is 0. The molecule has 3 atom stereocenters. The van der Waals surface area contributed by atoms with E-state index in [9.17, 15) is 27.2 Å². The molecule has 3 aliphatic rings. The summed E-state index contributed by atoms with van der Waals surface area (Å²) in [6.45, 7) is 0.162. The minimum Gasteiger partial charge on any atom is -0.491 e. The number of halogens is 4. The van der Waals surface area contributed by atoms with Crippen LogP contribution in [0.25, 0.3) is 0 Å². The second-order valence-corrected chi connectivity index (χ2v) is 8.85. The summed E-state index contributed by atoms with van der Waals surface area (Å²) in [5, 5.41) is 16.1. The van der Waals surface area contributed by atoms with Gasteiger partial charge in [0.25, 0.3) is 0 Å². The Kier molecular flexibility index (Phi) is 6.29. The van der Waals surface area contributed by atoms with Gasteiger partial charge in [0.15, 0.2) is 6.61 Å². The van der Waals surface area contributed by atoms with Crippen molar-refractivity contribution in [1.82, 2.24) is 4.90 Å². The van der Waals surface area contributed by atoms with Gasteiger partial charge in [-0.15, -0.1) is 0 Å². The molecule has 1 saturated heterocycles. The molecule has 1 aromatic rings. The number of carbonyl (C=O) groups excluding carboxylic acids is 2. The molecule has 3 unspecified atom stereocenters. The molecule has 1 aliphatic heterocycles. The summed E-state index contributed by atoms with van der Waals surface area (Å²) in [6.07, 6.45) is 0.430. The van der Waals surface area contributed by atoms with E-state index in [2.05, 4.69) is 0 Å². The summed E-state index contributed by atoms with van der Waals surface area (Å²) in [5.74, 6) is -7.08. The molecule has 1 aromatic carbocycles. The molecule has 186 valence electrons. The highest BCUT2D eigenvalue weighted by Gasteiger charge is 2.60. The molecule has 1 heterocycles. The van der Waals surface area contributed by atoms with Crippen LogP contribution in [0, 0.1) is 34.0 Å². The molecule has 4 rings (SSSR count). The van der Waals surface area contributed by atoms with E-state index in [4.69, 9.17) is 20.3 Å². The SMILES string of the molecule is CC1=C(OCC(F)(F)C(F)F)C1C(C=N)CN1CC(C(=N)C(=O)Oc2ccccc2)C2(C=C2)C1=O. The van der Waals surface area contributed by atoms with Crippen LogP contribution >= 0.6 is 0 Å². The van der Waals surface area contributed by atoms with Crippen molar-refractivity contribution < 1.29 is 36.6 Å². The van der Waals surface area contributed by atoms with E-state index in [1.54, 1.807) is 49.4 Å². The Bertz CT molecular complexity index is 1110. The van der Waals surface area contributed by atoms with E-state index in [0.717, 1.165) is 6.21 Å². The van der Waals surface area contributed by atoms with Gasteiger partial charge in [0.05, 0.1) is 11.3 Å². The second kappa shape index (κ2) is 8.94. The number of nitrogens with one attached hydrogen (secondary N) is 2. The van der Waals surface area contributed by atoms with Crippen molar-refractivity contribution in [3.63, 3.8) is 0 Å². The summed E-state index contributed by atoms with van der Waals surface area (Å²) in [4.78, 5) is 27.0. The number of esters is 1. The normalized spacial score (nSPS) is 23.0. The lowest BCUT2D eigenvalue weighted by Gasteiger charge is -2.22. The molecule has 11 heteroatoms. The highest BCUT2D eigenvalue weighted by Crippen LogP contribution is 2.51. The van der Waals surface area contributed by atoms with Gasteiger partial charge >= 0.3 is 18.3 Å². The van der Waals surface area contributed by atoms with Gasteiger partial charge < -0.3 is 19.8 Å². The van der Waals surface area contributed by atoms with Gasteiger partial charge in [-0.1, -0.05) is 30.4 Å². The molecule has 2 N–H and O–H groups in total. The molecule has 1 amide bonds. The number of hydrogen-bond donors (Lipinski definition) is 2. The summed E-state index contributed by atoms with van der Waals surface area (Å²) >= 11 is 0. The fourth-order valence-corrected chi connectivity index (χ4v) is 4.41. The van der Waals surface area contributed by atoms with E-state index in [1.165, 1.54) is 4.90 Å². The number of alkyl halides is 4. The lowest BCUT2D eigenvalue weighted by Crippen LogP contribution is -2.35. The first-order valence-corrected chi connectivity index (χ1v) is 10.9. The van der Waals surface area contributed by atoms with Crippen molar-refractivity contribution in [2.45, 2.75) is 19.3 Å². The van der Waals surface area contributed by atoms with Crippen LogP contribution in [0.2, 0.25) is 0 Å². The zero-order valence-electron chi connectivity index (χ0n) is 18.6. The topological polar surface area (TPSA) is 104 Å². The molecule has 0 bridgehead atoms. The maximum atomic E-state index is 13.2. The molecule has 0 radical (unpaired) electrons. The van der Waals surface area contributed by atoms with Gasteiger partial charge in [-0.2, -0.15) is 8.78 Å². The van der Waals surface area contributed by atoms with Crippen LogP contribution in [-0.2, 0) is 14.3 Å². The Morgan fingerprint density at radius 2 is 1.94 bits per heavy atom. The highest BCUT2D eigenvalue weighted by molar-refractivity contribution is 6.38. The quantitative estimate of drug-likeness (QED) is 0.161. The van der Waals surface area contributed by atoms with Gasteiger partial charge in [-0.05, 0) is 24.6 Å². The van der Waals surface area contributed by atoms with Gasteiger partial charge in [-0.25, -0.2) is 13.6 Å². The van der Waals surface area contributed by atoms with Crippen molar-refractivity contribution in [1.29, 1.82) is 10.8 Å². The summed E-state index contributed by atoms with van der Waals surface area (Å²) < 4.78 is 61.3. The third kappa shape index (κ3) is 4.59. The van der Waals surface area contributed by atoms with Gasteiger partial charge in [0, 0.05) is 31.1 Å². The minimum absolute atomic E-state index is 0.0172. The number of benzene rings is 1. The van der Waals surface area contributed by atoms with Crippen molar-refractivity contribution in [3.05, 3.63) is 53.8 Å². The molecule has 7 nitrogen and oxygen atoms in total. The first-order chi connectivity index (χ1) is 16.5. The molecular weight excluding hydrogens is 470 g/mol. The number of para-hydroxylation sites is 1. The Balaban J connectivity index is 1.38.